The van der Waals surface area contributed by atoms with Crippen LogP contribution < -0.4 is 5.56 Å². The Bertz CT molecular complexity index is 551. The van der Waals surface area contributed by atoms with Crippen molar-refractivity contribution in [3.8, 4) is 11.4 Å². The first-order valence-electron chi connectivity index (χ1n) is 4.80. The van der Waals surface area contributed by atoms with E-state index in [9.17, 15) is 4.79 Å². The van der Waals surface area contributed by atoms with E-state index < -0.39 is 0 Å². The zero-order chi connectivity index (χ0) is 11.0. The molecule has 0 aromatic carbocycles. The Morgan fingerprint density at radius 2 is 1.93 bits per heavy atom. The van der Waals surface area contributed by atoms with Crippen LogP contribution in [0.3, 0.4) is 0 Å². The lowest BCUT2D eigenvalue weighted by Gasteiger charge is -2.03. The summed E-state index contributed by atoms with van der Waals surface area (Å²) in [6, 6.07) is 2.05. The van der Waals surface area contributed by atoms with Gasteiger partial charge in [0, 0.05) is 11.8 Å². The highest BCUT2D eigenvalue weighted by atomic mass is 16.1. The highest BCUT2D eigenvalue weighted by Gasteiger charge is 2.10. The summed E-state index contributed by atoms with van der Waals surface area (Å²) in [6.45, 7) is 5.77. The van der Waals surface area contributed by atoms with Gasteiger partial charge < -0.3 is 0 Å². The molecule has 2 heterocycles. The molecule has 0 saturated carbocycles. The van der Waals surface area contributed by atoms with Crippen LogP contribution in [-0.2, 0) is 0 Å². The van der Waals surface area contributed by atoms with E-state index in [4.69, 9.17) is 0 Å². The van der Waals surface area contributed by atoms with Crippen molar-refractivity contribution in [3.05, 3.63) is 39.3 Å². The molecule has 0 aliphatic heterocycles. The van der Waals surface area contributed by atoms with Crippen LogP contribution in [0.4, 0.5) is 0 Å². The largest absolute Gasteiger partial charge is 0.296 e. The molecule has 0 aliphatic rings. The number of rotatable bonds is 1. The highest BCUT2D eigenvalue weighted by Crippen LogP contribution is 2.20. The minimum absolute atomic E-state index is 0.0909. The van der Waals surface area contributed by atoms with Crippen molar-refractivity contribution in [1.82, 2.24) is 15.2 Å². The smallest absolute Gasteiger partial charge is 0.267 e. The van der Waals surface area contributed by atoms with Crippen molar-refractivity contribution < 1.29 is 0 Å². The highest BCUT2D eigenvalue weighted by molar-refractivity contribution is 5.61. The summed E-state index contributed by atoms with van der Waals surface area (Å²) in [7, 11) is 0. The number of hydrogen-bond acceptors (Lipinski definition) is 2. The predicted octanol–water partition coefficient (Wildman–Crippen LogP) is 1.69. The van der Waals surface area contributed by atoms with E-state index in [-0.39, 0.29) is 5.56 Å². The molecule has 0 unspecified atom stereocenters. The molecule has 0 bridgehead atoms. The summed E-state index contributed by atoms with van der Waals surface area (Å²) in [5.74, 6) is 0. The van der Waals surface area contributed by atoms with E-state index in [0.717, 1.165) is 22.5 Å². The number of aromatic nitrogens is 3. The standard InChI is InChI=1S/C11H13N3O/c1-6-4-7(2)9(12-5-6)10-8(3)11(15)14-13-10/h4-5H,1-3H3,(H2,13,14,15). The van der Waals surface area contributed by atoms with Crippen molar-refractivity contribution in [2.45, 2.75) is 20.8 Å². The Balaban J connectivity index is 2.64. The summed E-state index contributed by atoms with van der Waals surface area (Å²) in [4.78, 5) is 15.6. The van der Waals surface area contributed by atoms with Crippen molar-refractivity contribution in [1.29, 1.82) is 0 Å². The second kappa shape index (κ2) is 3.38. The van der Waals surface area contributed by atoms with Gasteiger partial charge in [-0.3, -0.25) is 20.0 Å². The van der Waals surface area contributed by atoms with E-state index in [1.165, 1.54) is 0 Å². The van der Waals surface area contributed by atoms with Crippen LogP contribution in [0.2, 0.25) is 0 Å². The molecule has 0 aliphatic carbocycles. The average molecular weight is 203 g/mol. The van der Waals surface area contributed by atoms with Gasteiger partial charge in [-0.05, 0) is 31.9 Å². The fourth-order valence-electron chi connectivity index (χ4n) is 1.63. The number of hydrogen-bond donors (Lipinski definition) is 2. The minimum atomic E-state index is -0.0909. The Hall–Kier alpha value is -1.84. The molecular weight excluding hydrogens is 190 g/mol. The summed E-state index contributed by atoms with van der Waals surface area (Å²) < 4.78 is 0. The maximum atomic E-state index is 11.3. The Morgan fingerprint density at radius 3 is 2.47 bits per heavy atom. The zero-order valence-corrected chi connectivity index (χ0v) is 9.01. The van der Waals surface area contributed by atoms with Gasteiger partial charge in [0.1, 0.15) is 0 Å². The summed E-state index contributed by atoms with van der Waals surface area (Å²) in [5.41, 5.74) is 4.37. The predicted molar refractivity (Wildman–Crippen MR) is 58.9 cm³/mol. The Labute approximate surface area is 87.4 Å². The van der Waals surface area contributed by atoms with Gasteiger partial charge in [-0.2, -0.15) is 0 Å². The number of aromatic amines is 2. The van der Waals surface area contributed by atoms with Gasteiger partial charge in [-0.15, -0.1) is 0 Å². The van der Waals surface area contributed by atoms with Crippen LogP contribution >= 0.6 is 0 Å². The van der Waals surface area contributed by atoms with Gasteiger partial charge in [0.25, 0.3) is 5.56 Å². The van der Waals surface area contributed by atoms with Gasteiger partial charge >= 0.3 is 0 Å². The first-order valence-corrected chi connectivity index (χ1v) is 4.80. The van der Waals surface area contributed by atoms with Crippen molar-refractivity contribution in [3.63, 3.8) is 0 Å². The second-order valence-corrected chi connectivity index (χ2v) is 3.76. The van der Waals surface area contributed by atoms with Crippen LogP contribution in [-0.4, -0.2) is 15.2 Å². The van der Waals surface area contributed by atoms with E-state index in [0.29, 0.717) is 5.56 Å². The SMILES string of the molecule is Cc1cnc(-c2[nH][nH]c(=O)c2C)c(C)c1. The second-order valence-electron chi connectivity index (χ2n) is 3.76. The molecule has 2 rings (SSSR count). The van der Waals surface area contributed by atoms with Crippen LogP contribution in [0, 0.1) is 20.8 Å². The molecule has 15 heavy (non-hydrogen) atoms. The molecule has 78 valence electrons. The maximum absolute atomic E-state index is 11.3. The number of nitrogens with zero attached hydrogens (tertiary/aromatic N) is 1. The third kappa shape index (κ3) is 1.58. The normalized spacial score (nSPS) is 10.6. The van der Waals surface area contributed by atoms with Crippen molar-refractivity contribution in [2.24, 2.45) is 0 Å². The van der Waals surface area contributed by atoms with Crippen molar-refractivity contribution >= 4 is 0 Å². The third-order valence-electron chi connectivity index (χ3n) is 2.47. The van der Waals surface area contributed by atoms with E-state index >= 15 is 0 Å². The fraction of sp³-hybridized carbons (Fsp3) is 0.273. The maximum Gasteiger partial charge on any atom is 0.267 e. The molecule has 0 spiro atoms. The van der Waals surface area contributed by atoms with Gasteiger partial charge in [-0.25, -0.2) is 0 Å². The molecule has 0 radical (unpaired) electrons. The number of H-pyrrole nitrogens is 2. The topological polar surface area (TPSA) is 61.5 Å². The molecule has 2 N–H and O–H groups in total. The number of pyridine rings is 1. The number of nitrogens with one attached hydrogen (secondary N) is 2. The molecule has 4 heteroatoms. The monoisotopic (exact) mass is 203 g/mol. The van der Waals surface area contributed by atoms with Gasteiger partial charge in [0.05, 0.1) is 11.4 Å². The van der Waals surface area contributed by atoms with Crippen molar-refractivity contribution in [2.75, 3.05) is 0 Å². The quantitative estimate of drug-likeness (QED) is 0.740. The first-order chi connectivity index (χ1) is 7.09. The molecule has 0 fully saturated rings. The number of aryl methyl sites for hydroxylation is 2. The lowest BCUT2D eigenvalue weighted by molar-refractivity contribution is 1.05. The molecular formula is C11H13N3O. The summed E-state index contributed by atoms with van der Waals surface area (Å²) in [6.07, 6.45) is 1.80. The Kier molecular flexibility index (Phi) is 2.19. The third-order valence-corrected chi connectivity index (χ3v) is 2.47. The molecule has 0 amide bonds. The lowest BCUT2D eigenvalue weighted by atomic mass is 10.1. The van der Waals surface area contributed by atoms with E-state index in [1.807, 2.05) is 19.9 Å². The molecule has 0 atom stereocenters. The molecule has 4 nitrogen and oxygen atoms in total. The van der Waals surface area contributed by atoms with Crippen LogP contribution in [0.1, 0.15) is 16.7 Å². The summed E-state index contributed by atoms with van der Waals surface area (Å²) >= 11 is 0. The summed E-state index contributed by atoms with van der Waals surface area (Å²) in [5, 5.41) is 5.41. The molecule has 0 saturated heterocycles. The Morgan fingerprint density at radius 1 is 1.20 bits per heavy atom. The van der Waals surface area contributed by atoms with E-state index in [1.54, 1.807) is 13.1 Å². The first kappa shape index (κ1) is 9.71. The minimum Gasteiger partial charge on any atom is -0.296 e. The van der Waals surface area contributed by atoms with E-state index in [2.05, 4.69) is 15.2 Å². The average Bonchev–Trinajstić information content (AvgIpc) is 2.49. The van der Waals surface area contributed by atoms with Gasteiger partial charge in [0.2, 0.25) is 0 Å². The van der Waals surface area contributed by atoms with Gasteiger partial charge in [-0.1, -0.05) is 6.07 Å². The van der Waals surface area contributed by atoms with Crippen LogP contribution in [0.5, 0.6) is 0 Å². The molecule has 2 aromatic rings. The van der Waals surface area contributed by atoms with Crippen LogP contribution in [0.25, 0.3) is 11.4 Å². The lowest BCUT2D eigenvalue weighted by Crippen LogP contribution is -2.01. The van der Waals surface area contributed by atoms with Gasteiger partial charge in [0.15, 0.2) is 0 Å². The molecule has 2 aromatic heterocycles. The fourth-order valence-corrected chi connectivity index (χ4v) is 1.63. The zero-order valence-electron chi connectivity index (χ0n) is 9.01. The van der Waals surface area contributed by atoms with Crippen LogP contribution in [0.15, 0.2) is 17.1 Å².